The minimum Gasteiger partial charge on any atom is -0.508 e. The van der Waals surface area contributed by atoms with Crippen LogP contribution < -0.4 is 43.4 Å². The van der Waals surface area contributed by atoms with Crippen molar-refractivity contribution in [2.24, 2.45) is 17.4 Å². The molecule has 376 valence electrons. The monoisotopic (exact) mass is 982 g/mol. The molecule has 8 atom stereocenters. The van der Waals surface area contributed by atoms with E-state index in [1.54, 1.807) is 66.7 Å². The number of aromatic hydroxyl groups is 3. The molecule has 0 aliphatic heterocycles. The lowest BCUT2D eigenvalue weighted by molar-refractivity contribution is -0.135. The number of phenols is 3. The Morgan fingerprint density at radius 2 is 0.871 bits per heavy atom. The molecule has 0 radical (unpaired) electrons. The predicted molar refractivity (Wildman–Crippen MR) is 267 cm³/mol. The van der Waals surface area contributed by atoms with Gasteiger partial charge in [0.25, 0.3) is 0 Å². The molecule has 0 fully saturated rings. The highest BCUT2D eigenvalue weighted by molar-refractivity contribution is 7.80. The molecule has 0 saturated carbocycles. The van der Waals surface area contributed by atoms with Crippen molar-refractivity contribution in [3.63, 3.8) is 0 Å². The third-order valence-electron chi connectivity index (χ3n) is 11.8. The molecule has 0 heterocycles. The van der Waals surface area contributed by atoms with Gasteiger partial charge in [0.2, 0.25) is 35.4 Å². The molecular weight excluding hydrogens is 917 g/mol. The van der Waals surface area contributed by atoms with Crippen LogP contribution in [0.4, 0.5) is 0 Å². The van der Waals surface area contributed by atoms with Crippen molar-refractivity contribution in [1.29, 1.82) is 0 Å². The number of aldehydes is 1. The Hall–Kier alpha value is -6.96. The SMILES string of the molecule is CC[C@H](C)[C@H](N)C(=O)N[C@@H](Cc1ccc(O)cc1)C(=O)N[C@@H](CCCCN)C(=O)N[C@@H](Cc1ccc(O)cc1)C(=O)N[C@@H](Cc1ccc(O)cc1)C(=O)N[C@@H](Cc1ccccc1)C(=O)N[C@H](C=O)CS. The zero-order valence-corrected chi connectivity index (χ0v) is 40.3. The van der Waals surface area contributed by atoms with Crippen LogP contribution in [0.25, 0.3) is 0 Å². The van der Waals surface area contributed by atoms with Gasteiger partial charge in [-0.3, -0.25) is 28.8 Å². The number of hydrogen-bond acceptors (Lipinski definition) is 13. The van der Waals surface area contributed by atoms with Gasteiger partial charge in [0.15, 0.2) is 0 Å². The maximum absolute atomic E-state index is 14.6. The summed E-state index contributed by atoms with van der Waals surface area (Å²) >= 11 is 4.14. The lowest BCUT2D eigenvalue weighted by atomic mass is 9.98. The lowest BCUT2D eigenvalue weighted by Gasteiger charge is -2.28. The fourth-order valence-corrected chi connectivity index (χ4v) is 7.50. The summed E-state index contributed by atoms with van der Waals surface area (Å²) < 4.78 is 0. The van der Waals surface area contributed by atoms with Gasteiger partial charge in [-0.15, -0.1) is 0 Å². The molecule has 18 nitrogen and oxygen atoms in total. The average molecular weight is 983 g/mol. The van der Waals surface area contributed by atoms with Crippen LogP contribution in [0.1, 0.15) is 61.8 Å². The molecule has 13 N–H and O–H groups in total. The number of nitrogens with two attached hydrogens (primary N) is 2. The van der Waals surface area contributed by atoms with Gasteiger partial charge in [-0.1, -0.05) is 87.0 Å². The topological polar surface area (TPSA) is 304 Å². The minimum absolute atomic E-state index is 0.00345. The van der Waals surface area contributed by atoms with Crippen molar-refractivity contribution >= 4 is 54.4 Å². The highest BCUT2D eigenvalue weighted by Gasteiger charge is 2.34. The van der Waals surface area contributed by atoms with E-state index in [1.165, 1.54) is 36.4 Å². The quantitative estimate of drug-likeness (QED) is 0.0220. The van der Waals surface area contributed by atoms with Crippen LogP contribution in [0.3, 0.4) is 0 Å². The fraction of sp³-hybridized carbons (Fsp3) is 0.392. The van der Waals surface area contributed by atoms with E-state index in [0.29, 0.717) is 47.8 Å². The molecule has 0 aliphatic carbocycles. The van der Waals surface area contributed by atoms with E-state index in [1.807, 2.05) is 13.8 Å². The van der Waals surface area contributed by atoms with Crippen molar-refractivity contribution in [1.82, 2.24) is 31.9 Å². The van der Waals surface area contributed by atoms with Crippen LogP contribution >= 0.6 is 12.6 Å². The lowest BCUT2D eigenvalue weighted by Crippen LogP contribution is -2.60. The molecule has 4 rings (SSSR count). The summed E-state index contributed by atoms with van der Waals surface area (Å²) in [6, 6.07) is 18.3. The van der Waals surface area contributed by atoms with E-state index < -0.39 is 77.7 Å². The maximum Gasteiger partial charge on any atom is 0.243 e. The first-order valence-corrected chi connectivity index (χ1v) is 23.9. The number of nitrogens with one attached hydrogen (secondary N) is 6. The summed E-state index contributed by atoms with van der Waals surface area (Å²) in [6.07, 6.45) is 1.74. The van der Waals surface area contributed by atoms with Crippen molar-refractivity contribution in [2.75, 3.05) is 12.3 Å². The second-order valence-electron chi connectivity index (χ2n) is 17.2. The molecular formula is C51H66N8O10S. The average Bonchev–Trinajstić information content (AvgIpc) is 3.35. The summed E-state index contributed by atoms with van der Waals surface area (Å²) in [6.45, 7) is 3.97. The predicted octanol–water partition coefficient (Wildman–Crippen LogP) is 1.61. The number of phenolic OH excluding ortho intramolecular Hbond substituents is 3. The Labute approximate surface area is 413 Å². The summed E-state index contributed by atoms with van der Waals surface area (Å²) in [7, 11) is 0. The number of benzene rings is 4. The summed E-state index contributed by atoms with van der Waals surface area (Å²) in [5.41, 5.74) is 14.3. The molecule has 6 amide bonds. The number of rotatable bonds is 28. The third kappa shape index (κ3) is 18.2. The Kier molecular flexibility index (Phi) is 22.7. The Balaban J connectivity index is 1.68. The normalized spacial score (nSPS) is 14.5. The molecule has 0 aromatic heterocycles. The van der Waals surface area contributed by atoms with E-state index in [2.05, 4.69) is 44.5 Å². The first-order chi connectivity index (χ1) is 33.5. The molecule has 0 aliphatic rings. The van der Waals surface area contributed by atoms with Crippen LogP contribution in [0.5, 0.6) is 17.2 Å². The van der Waals surface area contributed by atoms with Gasteiger partial charge in [-0.2, -0.15) is 12.6 Å². The largest absolute Gasteiger partial charge is 0.508 e. The van der Waals surface area contributed by atoms with Crippen LogP contribution in [0.2, 0.25) is 0 Å². The number of hydrogen-bond donors (Lipinski definition) is 12. The first kappa shape index (κ1) is 55.6. The van der Waals surface area contributed by atoms with E-state index in [-0.39, 0.29) is 67.6 Å². The number of carbonyl (C=O) groups is 7. The van der Waals surface area contributed by atoms with Gasteiger partial charge in [0, 0.05) is 31.4 Å². The van der Waals surface area contributed by atoms with Crippen LogP contribution in [-0.4, -0.2) is 112 Å². The van der Waals surface area contributed by atoms with Gasteiger partial charge >= 0.3 is 0 Å². The molecule has 4 aromatic rings. The molecule has 0 bridgehead atoms. The second-order valence-corrected chi connectivity index (χ2v) is 17.6. The van der Waals surface area contributed by atoms with Crippen molar-refractivity contribution in [3.05, 3.63) is 125 Å². The highest BCUT2D eigenvalue weighted by atomic mass is 32.1. The van der Waals surface area contributed by atoms with E-state index >= 15 is 0 Å². The fourth-order valence-electron chi connectivity index (χ4n) is 7.33. The maximum atomic E-state index is 14.6. The number of carbonyl (C=O) groups excluding carboxylic acids is 7. The molecule has 19 heteroatoms. The molecule has 0 saturated heterocycles. The van der Waals surface area contributed by atoms with Crippen LogP contribution in [0.15, 0.2) is 103 Å². The smallest absolute Gasteiger partial charge is 0.243 e. The van der Waals surface area contributed by atoms with Gasteiger partial charge in [0.1, 0.15) is 53.7 Å². The van der Waals surface area contributed by atoms with E-state index in [0.717, 1.165) is 0 Å². The zero-order chi connectivity index (χ0) is 51.2. The first-order valence-electron chi connectivity index (χ1n) is 23.3. The number of thiol groups is 1. The minimum atomic E-state index is -1.41. The van der Waals surface area contributed by atoms with Gasteiger partial charge in [-0.25, -0.2) is 0 Å². The van der Waals surface area contributed by atoms with E-state index in [4.69, 9.17) is 11.5 Å². The molecule has 70 heavy (non-hydrogen) atoms. The molecule has 0 unspecified atom stereocenters. The summed E-state index contributed by atoms with van der Waals surface area (Å²) in [5, 5.41) is 46.3. The van der Waals surface area contributed by atoms with Gasteiger partial charge < -0.3 is 63.5 Å². The second kappa shape index (κ2) is 28.5. The van der Waals surface area contributed by atoms with Crippen LogP contribution in [0, 0.1) is 5.92 Å². The van der Waals surface area contributed by atoms with Crippen molar-refractivity contribution in [2.45, 2.75) is 108 Å². The molecule has 0 spiro atoms. The Bertz CT molecular complexity index is 2320. The summed E-state index contributed by atoms with van der Waals surface area (Å²) in [4.78, 5) is 96.5. The Morgan fingerprint density at radius 3 is 1.23 bits per heavy atom. The van der Waals surface area contributed by atoms with Crippen LogP contribution in [-0.2, 0) is 59.2 Å². The highest BCUT2D eigenvalue weighted by Crippen LogP contribution is 2.17. The Morgan fingerprint density at radius 1 is 0.529 bits per heavy atom. The number of unbranched alkanes of at least 4 members (excludes halogenated alkanes) is 1. The third-order valence-corrected chi connectivity index (χ3v) is 12.2. The van der Waals surface area contributed by atoms with Crippen molar-refractivity contribution < 1.29 is 48.9 Å². The zero-order valence-electron chi connectivity index (χ0n) is 39.4. The van der Waals surface area contributed by atoms with E-state index in [9.17, 15) is 48.9 Å². The number of amides is 6. The standard InChI is InChI=1S/C51H66N8O10S/c1-3-31(2)45(53)51(69)59-44(28-35-16-22-39(63)23-17-35)48(66)55-40(11-7-8-24-52)46(64)56-42(26-33-12-18-37(61)19-13-33)49(67)58-43(27-34-14-20-38(62)21-15-34)50(68)57-41(25-32-9-5-4-6-10-32)47(65)54-36(29-60)30-70/h4-6,9-10,12-23,29,31,36,40-45,61-63,70H,3,7-8,11,24-28,30,52-53H2,1-2H3,(H,54,65)(H,55,66)(H,56,64)(H,57,68)(H,58,67)(H,59,69)/t31-,36+,40-,41-,42-,43-,44-,45-/m0/s1. The van der Waals surface area contributed by atoms with Gasteiger partial charge in [0.05, 0.1) is 12.1 Å². The van der Waals surface area contributed by atoms with Crippen molar-refractivity contribution in [3.8, 4) is 17.2 Å². The summed E-state index contributed by atoms with van der Waals surface area (Å²) in [5.74, 6) is -4.70. The van der Waals surface area contributed by atoms with Gasteiger partial charge in [-0.05, 0) is 90.4 Å². The molecule has 4 aromatic carbocycles.